The van der Waals surface area contributed by atoms with Gasteiger partial charge in [-0.1, -0.05) is 6.92 Å². The molecule has 0 amide bonds. The van der Waals surface area contributed by atoms with Crippen LogP contribution in [0.25, 0.3) is 0 Å². The van der Waals surface area contributed by atoms with E-state index in [1.54, 1.807) is 0 Å². The first-order valence-electron chi connectivity index (χ1n) is 6.15. The van der Waals surface area contributed by atoms with Crippen molar-refractivity contribution in [3.63, 3.8) is 0 Å². The second kappa shape index (κ2) is 8.01. The lowest BCUT2D eigenvalue weighted by molar-refractivity contribution is 0.626. The average molecular weight is 218 g/mol. The topological polar surface area (TPSA) is 17.0 Å². The number of aromatic nitrogens is 1. The maximum atomic E-state index is 5.19. The van der Waals surface area contributed by atoms with Crippen LogP contribution in [0.4, 0.5) is 0 Å². The Bertz CT molecular complexity index is 320. The third kappa shape index (κ3) is 5.04. The molecule has 0 aromatic carbocycles. The van der Waals surface area contributed by atoms with E-state index in [-0.39, 0.29) is 0 Å². The minimum absolute atomic E-state index is 0.897. The van der Waals surface area contributed by atoms with Crippen LogP contribution in [-0.4, -0.2) is 11.1 Å². The second-order valence-corrected chi connectivity index (χ2v) is 4.10. The molecule has 0 aliphatic carbocycles. The third-order valence-electron chi connectivity index (χ3n) is 2.55. The molecule has 0 spiro atoms. The van der Waals surface area contributed by atoms with Gasteiger partial charge in [-0.05, 0) is 37.4 Å². The zero-order valence-corrected chi connectivity index (χ0v) is 10.2. The van der Waals surface area contributed by atoms with E-state index in [1.165, 1.54) is 18.4 Å². The zero-order chi connectivity index (χ0) is 11.6. The molecule has 0 atom stereocenters. The van der Waals surface area contributed by atoms with Gasteiger partial charge in [-0.15, -0.1) is 12.3 Å². The van der Waals surface area contributed by atoms with E-state index in [0.29, 0.717) is 0 Å². The lowest BCUT2D eigenvalue weighted by Crippen LogP contribution is -2.14. The molecule has 0 aliphatic rings. The lowest BCUT2D eigenvalue weighted by atomic mass is 10.2. The number of aryl methyl sites for hydroxylation is 1. The van der Waals surface area contributed by atoms with Crippen molar-refractivity contribution in [1.82, 2.24) is 9.88 Å². The van der Waals surface area contributed by atoms with Crippen LogP contribution >= 0.6 is 0 Å². The summed E-state index contributed by atoms with van der Waals surface area (Å²) >= 11 is 0. The number of unbranched alkanes of at least 4 members (excludes halogenated alkanes) is 2. The van der Waals surface area contributed by atoms with Gasteiger partial charge in [0.1, 0.15) is 0 Å². The Kier molecular flexibility index (Phi) is 6.44. The normalized spacial score (nSPS) is 10.2. The van der Waals surface area contributed by atoms with Gasteiger partial charge in [-0.3, -0.25) is 0 Å². The summed E-state index contributed by atoms with van der Waals surface area (Å²) < 4.78 is 2.25. The highest BCUT2D eigenvalue weighted by molar-refractivity contribution is 5.09. The highest BCUT2D eigenvalue weighted by Gasteiger charge is 1.95. The van der Waals surface area contributed by atoms with Crippen LogP contribution in [0.15, 0.2) is 18.5 Å². The van der Waals surface area contributed by atoms with Gasteiger partial charge < -0.3 is 9.88 Å². The standard InChI is InChI=1S/C14H22N2/c1-3-5-6-7-9-15-12-14-8-11-16(13-14)10-4-2/h1,8,11,13,15H,4-7,9-10,12H2,2H3. The van der Waals surface area contributed by atoms with Crippen molar-refractivity contribution in [2.45, 2.75) is 45.7 Å². The molecule has 1 aromatic rings. The molecule has 0 unspecified atom stereocenters. The smallest absolute Gasteiger partial charge is 0.0220 e. The van der Waals surface area contributed by atoms with Crippen LogP contribution in [-0.2, 0) is 13.1 Å². The van der Waals surface area contributed by atoms with Crippen LogP contribution < -0.4 is 5.32 Å². The fourth-order valence-corrected chi connectivity index (χ4v) is 1.70. The first-order valence-corrected chi connectivity index (χ1v) is 6.15. The van der Waals surface area contributed by atoms with E-state index < -0.39 is 0 Å². The Balaban J connectivity index is 2.10. The number of hydrogen-bond donors (Lipinski definition) is 1. The zero-order valence-electron chi connectivity index (χ0n) is 10.2. The summed E-state index contributed by atoms with van der Waals surface area (Å²) in [4.78, 5) is 0. The minimum atomic E-state index is 0.897. The molecular formula is C14H22N2. The van der Waals surface area contributed by atoms with E-state index in [9.17, 15) is 0 Å². The van der Waals surface area contributed by atoms with Crippen molar-refractivity contribution in [3.05, 3.63) is 24.0 Å². The lowest BCUT2D eigenvalue weighted by Gasteiger charge is -2.02. The Morgan fingerprint density at radius 2 is 2.31 bits per heavy atom. The predicted molar refractivity (Wildman–Crippen MR) is 69.1 cm³/mol. The van der Waals surface area contributed by atoms with Gasteiger partial charge in [0.25, 0.3) is 0 Å². The van der Waals surface area contributed by atoms with E-state index in [1.807, 2.05) is 0 Å². The second-order valence-electron chi connectivity index (χ2n) is 4.10. The van der Waals surface area contributed by atoms with Crippen molar-refractivity contribution in [2.75, 3.05) is 6.54 Å². The highest BCUT2D eigenvalue weighted by Crippen LogP contribution is 2.02. The monoisotopic (exact) mass is 218 g/mol. The largest absolute Gasteiger partial charge is 0.354 e. The minimum Gasteiger partial charge on any atom is -0.354 e. The number of hydrogen-bond acceptors (Lipinski definition) is 1. The van der Waals surface area contributed by atoms with Gasteiger partial charge in [0.2, 0.25) is 0 Å². The molecule has 88 valence electrons. The first kappa shape index (κ1) is 12.9. The molecule has 0 saturated carbocycles. The van der Waals surface area contributed by atoms with Crippen molar-refractivity contribution < 1.29 is 0 Å². The summed E-state index contributed by atoms with van der Waals surface area (Å²) in [5, 5.41) is 3.43. The van der Waals surface area contributed by atoms with Gasteiger partial charge in [0.15, 0.2) is 0 Å². The molecular weight excluding hydrogens is 196 g/mol. The molecule has 0 fully saturated rings. The fourth-order valence-electron chi connectivity index (χ4n) is 1.70. The Morgan fingerprint density at radius 1 is 1.44 bits per heavy atom. The molecule has 1 aromatic heterocycles. The molecule has 1 heterocycles. The molecule has 0 aliphatic heterocycles. The summed E-state index contributed by atoms with van der Waals surface area (Å²) in [7, 11) is 0. The summed E-state index contributed by atoms with van der Waals surface area (Å²) in [6.07, 6.45) is 13.9. The molecule has 1 N–H and O–H groups in total. The van der Waals surface area contributed by atoms with E-state index >= 15 is 0 Å². The molecule has 0 bridgehead atoms. The van der Waals surface area contributed by atoms with Crippen LogP contribution in [0.5, 0.6) is 0 Å². The van der Waals surface area contributed by atoms with Gasteiger partial charge in [-0.2, -0.15) is 0 Å². The maximum absolute atomic E-state index is 5.19. The molecule has 1 rings (SSSR count). The molecule has 2 nitrogen and oxygen atoms in total. The summed E-state index contributed by atoms with van der Waals surface area (Å²) in [6.45, 7) is 5.33. The quantitative estimate of drug-likeness (QED) is 0.524. The Hall–Kier alpha value is -1.20. The van der Waals surface area contributed by atoms with Crippen molar-refractivity contribution >= 4 is 0 Å². The molecule has 0 radical (unpaired) electrons. The SMILES string of the molecule is C#CCCCCNCc1ccn(CCC)c1. The average Bonchev–Trinajstić information content (AvgIpc) is 2.72. The van der Waals surface area contributed by atoms with Crippen molar-refractivity contribution in [2.24, 2.45) is 0 Å². The van der Waals surface area contributed by atoms with E-state index in [4.69, 9.17) is 6.42 Å². The predicted octanol–water partition coefficient (Wildman–Crippen LogP) is 2.79. The van der Waals surface area contributed by atoms with Crippen LogP contribution in [0.1, 0.15) is 38.2 Å². The number of nitrogens with one attached hydrogen (secondary N) is 1. The number of rotatable bonds is 8. The van der Waals surface area contributed by atoms with Gasteiger partial charge in [0, 0.05) is 31.9 Å². The summed E-state index contributed by atoms with van der Waals surface area (Å²) in [5.41, 5.74) is 1.37. The van der Waals surface area contributed by atoms with Gasteiger partial charge >= 0.3 is 0 Å². The third-order valence-corrected chi connectivity index (χ3v) is 2.55. The molecule has 16 heavy (non-hydrogen) atoms. The number of nitrogens with zero attached hydrogens (tertiary/aromatic N) is 1. The fraction of sp³-hybridized carbons (Fsp3) is 0.571. The highest BCUT2D eigenvalue weighted by atomic mass is 14.9. The molecule has 2 heteroatoms. The maximum Gasteiger partial charge on any atom is 0.0220 e. The molecule has 0 saturated heterocycles. The van der Waals surface area contributed by atoms with Gasteiger partial charge in [-0.25, -0.2) is 0 Å². The number of terminal acetylenes is 1. The first-order chi connectivity index (χ1) is 7.86. The van der Waals surface area contributed by atoms with Crippen molar-refractivity contribution in [1.29, 1.82) is 0 Å². The van der Waals surface area contributed by atoms with Crippen LogP contribution in [0.3, 0.4) is 0 Å². The van der Waals surface area contributed by atoms with Crippen LogP contribution in [0.2, 0.25) is 0 Å². The van der Waals surface area contributed by atoms with Crippen molar-refractivity contribution in [3.8, 4) is 12.3 Å². The summed E-state index contributed by atoms with van der Waals surface area (Å²) in [6, 6.07) is 2.18. The van der Waals surface area contributed by atoms with E-state index in [0.717, 1.165) is 32.5 Å². The summed E-state index contributed by atoms with van der Waals surface area (Å²) in [5.74, 6) is 2.66. The Labute approximate surface area is 99.0 Å². The van der Waals surface area contributed by atoms with Gasteiger partial charge in [0.05, 0.1) is 0 Å². The Morgan fingerprint density at radius 3 is 3.06 bits per heavy atom. The van der Waals surface area contributed by atoms with E-state index in [2.05, 4.69) is 41.2 Å². The van der Waals surface area contributed by atoms with Crippen LogP contribution in [0, 0.1) is 12.3 Å².